The molecule has 21 heavy (non-hydrogen) atoms. The number of carboxylic acid groups (broad SMARTS) is 1. The number of hydrogen-bond donors (Lipinski definition) is 2. The summed E-state index contributed by atoms with van der Waals surface area (Å²) < 4.78 is 1.43. The van der Waals surface area contributed by atoms with Crippen LogP contribution in [0, 0.1) is 13.8 Å². The van der Waals surface area contributed by atoms with Crippen LogP contribution in [0.15, 0.2) is 11.1 Å². The summed E-state index contributed by atoms with van der Waals surface area (Å²) in [5.41, 5.74) is 1.13. The van der Waals surface area contributed by atoms with E-state index in [0.717, 1.165) is 0 Å². The number of aromatic amines is 1. The Morgan fingerprint density at radius 1 is 1.38 bits per heavy atom. The molecule has 0 radical (unpaired) electrons. The standard InChI is InChI=1S/C13H17N5O3/c1-6(12(19)20)10-7(2)16-13(21)18(8(10)3)9(4)11-14-5-15-17-11/h5-6,9H,1-4H3,(H,19,20)(H,14,15,17). The maximum atomic E-state index is 12.2. The molecule has 2 rings (SSSR count). The number of rotatable bonds is 4. The zero-order chi connectivity index (χ0) is 15.7. The Kier molecular flexibility index (Phi) is 3.88. The van der Waals surface area contributed by atoms with Gasteiger partial charge in [-0.25, -0.2) is 9.78 Å². The summed E-state index contributed by atoms with van der Waals surface area (Å²) in [6.45, 7) is 6.72. The molecule has 2 atom stereocenters. The minimum Gasteiger partial charge on any atom is -0.481 e. The molecule has 0 bridgehead atoms. The van der Waals surface area contributed by atoms with Crippen molar-refractivity contribution in [3.05, 3.63) is 39.6 Å². The summed E-state index contributed by atoms with van der Waals surface area (Å²) in [5.74, 6) is -1.19. The Labute approximate surface area is 120 Å². The average Bonchev–Trinajstić information content (AvgIpc) is 2.91. The van der Waals surface area contributed by atoms with Gasteiger partial charge < -0.3 is 5.11 Å². The molecule has 0 spiro atoms. The second-order valence-corrected chi connectivity index (χ2v) is 4.96. The van der Waals surface area contributed by atoms with Gasteiger partial charge in [-0.15, -0.1) is 0 Å². The van der Waals surface area contributed by atoms with Gasteiger partial charge in [0.2, 0.25) is 0 Å². The lowest BCUT2D eigenvalue weighted by molar-refractivity contribution is -0.138. The van der Waals surface area contributed by atoms with Gasteiger partial charge in [0.05, 0.1) is 12.0 Å². The first-order valence-corrected chi connectivity index (χ1v) is 6.52. The molecule has 2 heterocycles. The Hall–Kier alpha value is -2.51. The molecular weight excluding hydrogens is 274 g/mol. The van der Waals surface area contributed by atoms with Crippen LogP contribution in [0.5, 0.6) is 0 Å². The maximum absolute atomic E-state index is 12.2. The van der Waals surface area contributed by atoms with Crippen molar-refractivity contribution < 1.29 is 9.90 Å². The molecule has 8 nitrogen and oxygen atoms in total. The number of nitrogens with one attached hydrogen (secondary N) is 1. The van der Waals surface area contributed by atoms with E-state index < -0.39 is 23.6 Å². The van der Waals surface area contributed by atoms with Gasteiger partial charge in [-0.2, -0.15) is 10.1 Å². The third-order valence-corrected chi connectivity index (χ3v) is 3.63. The molecule has 112 valence electrons. The number of carbonyl (C=O) groups is 1. The number of aliphatic carboxylic acids is 1. The summed E-state index contributed by atoms with van der Waals surface area (Å²) in [7, 11) is 0. The van der Waals surface area contributed by atoms with Gasteiger partial charge in [0.15, 0.2) is 0 Å². The average molecular weight is 291 g/mol. The molecule has 0 aromatic carbocycles. The molecule has 8 heteroatoms. The van der Waals surface area contributed by atoms with E-state index >= 15 is 0 Å². The fraction of sp³-hybridized carbons (Fsp3) is 0.462. The van der Waals surface area contributed by atoms with Crippen LogP contribution >= 0.6 is 0 Å². The van der Waals surface area contributed by atoms with Crippen LogP contribution in [0.3, 0.4) is 0 Å². The Morgan fingerprint density at radius 3 is 2.57 bits per heavy atom. The fourth-order valence-corrected chi connectivity index (χ4v) is 2.54. The normalized spacial score (nSPS) is 13.9. The Balaban J connectivity index is 2.65. The third-order valence-electron chi connectivity index (χ3n) is 3.63. The van der Waals surface area contributed by atoms with Crippen LogP contribution < -0.4 is 5.69 Å². The third kappa shape index (κ3) is 2.56. The van der Waals surface area contributed by atoms with E-state index in [4.69, 9.17) is 0 Å². The van der Waals surface area contributed by atoms with Crippen LogP contribution in [-0.2, 0) is 4.79 Å². The molecule has 0 aliphatic heterocycles. The molecule has 2 aromatic heterocycles. The minimum atomic E-state index is -0.958. The highest BCUT2D eigenvalue weighted by Gasteiger charge is 2.24. The molecule has 0 aliphatic carbocycles. The van der Waals surface area contributed by atoms with Crippen LogP contribution in [-0.4, -0.2) is 35.8 Å². The predicted octanol–water partition coefficient (Wildman–Crippen LogP) is 0.776. The van der Waals surface area contributed by atoms with Crippen LogP contribution in [0.4, 0.5) is 0 Å². The van der Waals surface area contributed by atoms with E-state index in [9.17, 15) is 14.7 Å². The summed E-state index contributed by atoms with van der Waals surface area (Å²) in [4.78, 5) is 31.4. The SMILES string of the molecule is Cc1nc(=O)n(C(C)c2ncn[nH]2)c(C)c1C(C)C(=O)O. The Bertz CT molecular complexity index is 720. The molecule has 0 fully saturated rings. The van der Waals surface area contributed by atoms with Gasteiger partial charge in [-0.3, -0.25) is 14.5 Å². The second-order valence-electron chi connectivity index (χ2n) is 4.96. The first kappa shape index (κ1) is 14.9. The van der Waals surface area contributed by atoms with E-state index in [1.807, 2.05) is 0 Å². The van der Waals surface area contributed by atoms with Gasteiger partial charge in [0.1, 0.15) is 12.2 Å². The van der Waals surface area contributed by atoms with Crippen molar-refractivity contribution in [2.24, 2.45) is 0 Å². The Morgan fingerprint density at radius 2 is 2.05 bits per heavy atom. The summed E-state index contributed by atoms with van der Waals surface area (Å²) in [6.07, 6.45) is 1.36. The molecular formula is C13H17N5O3. The fourth-order valence-electron chi connectivity index (χ4n) is 2.54. The smallest absolute Gasteiger partial charge is 0.348 e. The number of nitrogens with zero attached hydrogens (tertiary/aromatic N) is 4. The molecule has 0 aliphatic rings. The van der Waals surface area contributed by atoms with Gasteiger partial charge in [0.25, 0.3) is 0 Å². The quantitative estimate of drug-likeness (QED) is 0.860. The summed E-state index contributed by atoms with van der Waals surface area (Å²) in [5, 5.41) is 15.7. The first-order valence-electron chi connectivity index (χ1n) is 6.52. The molecule has 0 saturated carbocycles. The minimum absolute atomic E-state index is 0.409. The van der Waals surface area contributed by atoms with Crippen molar-refractivity contribution in [1.82, 2.24) is 24.7 Å². The van der Waals surface area contributed by atoms with E-state index in [1.54, 1.807) is 27.7 Å². The second kappa shape index (κ2) is 5.47. The van der Waals surface area contributed by atoms with E-state index in [1.165, 1.54) is 10.9 Å². The van der Waals surface area contributed by atoms with Crippen molar-refractivity contribution >= 4 is 5.97 Å². The van der Waals surface area contributed by atoms with Crippen molar-refractivity contribution in [1.29, 1.82) is 0 Å². The number of hydrogen-bond acceptors (Lipinski definition) is 5. The van der Waals surface area contributed by atoms with E-state index in [-0.39, 0.29) is 0 Å². The lowest BCUT2D eigenvalue weighted by Gasteiger charge is -2.21. The van der Waals surface area contributed by atoms with E-state index in [2.05, 4.69) is 20.2 Å². The van der Waals surface area contributed by atoms with Crippen molar-refractivity contribution in [2.75, 3.05) is 0 Å². The first-order chi connectivity index (χ1) is 9.84. The number of aromatic nitrogens is 5. The maximum Gasteiger partial charge on any atom is 0.348 e. The molecule has 2 aromatic rings. The van der Waals surface area contributed by atoms with Gasteiger partial charge in [-0.05, 0) is 27.7 Å². The van der Waals surface area contributed by atoms with Crippen LogP contribution in [0.25, 0.3) is 0 Å². The highest BCUT2D eigenvalue weighted by molar-refractivity contribution is 5.76. The highest BCUT2D eigenvalue weighted by atomic mass is 16.4. The highest BCUT2D eigenvalue weighted by Crippen LogP contribution is 2.24. The summed E-state index contributed by atoms with van der Waals surface area (Å²) in [6, 6.07) is -0.409. The molecule has 0 saturated heterocycles. The van der Waals surface area contributed by atoms with Gasteiger partial charge in [0, 0.05) is 17.0 Å². The predicted molar refractivity (Wildman–Crippen MR) is 74.2 cm³/mol. The van der Waals surface area contributed by atoms with Gasteiger partial charge in [-0.1, -0.05) is 0 Å². The zero-order valence-electron chi connectivity index (χ0n) is 12.3. The molecule has 2 N–H and O–H groups in total. The lowest BCUT2D eigenvalue weighted by Crippen LogP contribution is -2.32. The van der Waals surface area contributed by atoms with Crippen molar-refractivity contribution in [2.45, 2.75) is 39.7 Å². The molecule has 2 unspecified atom stereocenters. The van der Waals surface area contributed by atoms with Crippen LogP contribution in [0.2, 0.25) is 0 Å². The number of aryl methyl sites for hydroxylation is 1. The van der Waals surface area contributed by atoms with E-state index in [0.29, 0.717) is 22.8 Å². The van der Waals surface area contributed by atoms with Crippen LogP contribution in [0.1, 0.15) is 48.6 Å². The number of H-pyrrole nitrogens is 1. The van der Waals surface area contributed by atoms with Crippen molar-refractivity contribution in [3.63, 3.8) is 0 Å². The lowest BCUT2D eigenvalue weighted by atomic mass is 9.98. The zero-order valence-corrected chi connectivity index (χ0v) is 12.3. The molecule has 0 amide bonds. The topological polar surface area (TPSA) is 114 Å². The van der Waals surface area contributed by atoms with Crippen molar-refractivity contribution in [3.8, 4) is 0 Å². The summed E-state index contributed by atoms with van der Waals surface area (Å²) >= 11 is 0. The largest absolute Gasteiger partial charge is 0.481 e. The number of carboxylic acids is 1. The van der Waals surface area contributed by atoms with Gasteiger partial charge >= 0.3 is 11.7 Å². The monoisotopic (exact) mass is 291 g/mol.